The van der Waals surface area contributed by atoms with Gasteiger partial charge in [-0.2, -0.15) is 11.8 Å². The van der Waals surface area contributed by atoms with Gasteiger partial charge in [0.1, 0.15) is 12.1 Å². The number of hydrogen-bond donors (Lipinski definition) is 3. The molecule has 1 heterocycles. The molecule has 1 rings (SSSR count). The number of allylic oxidation sites excluding steroid dienone is 5. The minimum Gasteiger partial charge on any atom is -0.480 e. The summed E-state index contributed by atoms with van der Waals surface area (Å²) in [6.45, 7) is 14.2. The maximum absolute atomic E-state index is 13.0. The second-order valence-corrected chi connectivity index (χ2v) is 11.4. The summed E-state index contributed by atoms with van der Waals surface area (Å²) in [6.07, 6.45) is 11.5. The van der Waals surface area contributed by atoms with Gasteiger partial charge in [0.05, 0.1) is 13.2 Å². The Labute approximate surface area is 241 Å². The summed E-state index contributed by atoms with van der Waals surface area (Å²) in [5.74, 6) is -0.761. The molecule has 39 heavy (non-hydrogen) atoms. The number of carboxylic acid groups (broad SMARTS) is 1. The number of thioether (sulfide) groups is 1. The number of carboxylic acids is 1. The monoisotopic (exact) mass is 567 g/mol. The highest BCUT2D eigenvalue weighted by atomic mass is 32.2. The minimum absolute atomic E-state index is 0. The quantitative estimate of drug-likeness (QED) is 0.161. The molecule has 0 aromatic carbocycles. The highest BCUT2D eigenvalue weighted by Gasteiger charge is 2.31. The Morgan fingerprint density at radius 1 is 0.974 bits per heavy atom. The third-order valence-electron chi connectivity index (χ3n) is 6.64. The van der Waals surface area contributed by atoms with Crippen LogP contribution in [0.15, 0.2) is 34.9 Å². The van der Waals surface area contributed by atoms with Crippen LogP contribution in [0.2, 0.25) is 0 Å². The zero-order valence-corrected chi connectivity index (χ0v) is 25.0. The molecule has 8 nitrogen and oxygen atoms in total. The van der Waals surface area contributed by atoms with Crippen molar-refractivity contribution in [3.05, 3.63) is 34.9 Å². The van der Waals surface area contributed by atoms with E-state index < -0.39 is 24.0 Å². The van der Waals surface area contributed by atoms with E-state index in [1.807, 2.05) is 13.8 Å². The lowest BCUT2D eigenvalue weighted by molar-refractivity contribution is -0.141. The van der Waals surface area contributed by atoms with Gasteiger partial charge in [-0.1, -0.05) is 62.6 Å². The summed E-state index contributed by atoms with van der Waals surface area (Å²) in [5.41, 5.74) is 4.02. The highest BCUT2D eigenvalue weighted by molar-refractivity contribution is 7.99. The third-order valence-corrected chi connectivity index (χ3v) is 7.62. The number of carbonyl (C=O) groups is 3. The molecule has 0 bridgehead atoms. The summed E-state index contributed by atoms with van der Waals surface area (Å²) in [6, 6.07) is -2.16. The number of nitrogens with zero attached hydrogens (tertiary/aromatic N) is 1. The molecular formula is C30H53N3O5S. The van der Waals surface area contributed by atoms with Crippen LogP contribution in [0.1, 0.15) is 81.1 Å². The van der Waals surface area contributed by atoms with E-state index in [0.29, 0.717) is 38.5 Å². The van der Waals surface area contributed by atoms with Crippen LogP contribution >= 0.6 is 11.8 Å². The number of aliphatic carboxylic acids is 1. The van der Waals surface area contributed by atoms with Gasteiger partial charge in [-0.15, -0.1) is 0 Å². The summed E-state index contributed by atoms with van der Waals surface area (Å²) < 4.78 is 5.28. The van der Waals surface area contributed by atoms with Crippen LogP contribution in [0, 0.1) is 5.92 Å². The second-order valence-electron chi connectivity index (χ2n) is 10.3. The summed E-state index contributed by atoms with van der Waals surface area (Å²) in [4.78, 5) is 39.2. The fraction of sp³-hybridized carbons (Fsp3) is 0.700. The smallest absolute Gasteiger partial charge is 0.327 e. The zero-order chi connectivity index (χ0) is 28.5. The molecule has 1 saturated heterocycles. The average molecular weight is 568 g/mol. The first-order valence-electron chi connectivity index (χ1n) is 13.7. The largest absolute Gasteiger partial charge is 0.480 e. The predicted molar refractivity (Wildman–Crippen MR) is 163 cm³/mol. The predicted octanol–water partition coefficient (Wildman–Crippen LogP) is 5.80. The van der Waals surface area contributed by atoms with Crippen LogP contribution in [0.3, 0.4) is 0 Å². The van der Waals surface area contributed by atoms with Crippen molar-refractivity contribution < 1.29 is 24.2 Å². The fourth-order valence-electron chi connectivity index (χ4n) is 3.85. The van der Waals surface area contributed by atoms with Gasteiger partial charge < -0.3 is 25.4 Å². The van der Waals surface area contributed by atoms with Crippen molar-refractivity contribution in [1.82, 2.24) is 15.5 Å². The molecule has 0 aromatic rings. The Kier molecular flexibility index (Phi) is 19.4. The molecule has 0 saturated carbocycles. The summed E-state index contributed by atoms with van der Waals surface area (Å²) in [7, 11) is 0. The van der Waals surface area contributed by atoms with E-state index in [0.717, 1.165) is 25.7 Å². The van der Waals surface area contributed by atoms with Crippen LogP contribution in [0.5, 0.6) is 0 Å². The highest BCUT2D eigenvalue weighted by Crippen LogP contribution is 2.14. The van der Waals surface area contributed by atoms with Crippen molar-refractivity contribution in [3.8, 4) is 0 Å². The Bertz CT molecular complexity index is 846. The molecule has 3 amide bonds. The normalized spacial score (nSPS) is 16.4. The first-order valence-corrected chi connectivity index (χ1v) is 14.9. The molecule has 0 radical (unpaired) electrons. The maximum Gasteiger partial charge on any atom is 0.327 e. The van der Waals surface area contributed by atoms with E-state index in [9.17, 15) is 19.5 Å². The molecule has 3 atom stereocenters. The molecule has 0 aromatic heterocycles. The first kappa shape index (κ1) is 36.7. The topological polar surface area (TPSA) is 108 Å². The Balaban J connectivity index is 0.0000144. The number of amides is 3. The van der Waals surface area contributed by atoms with Gasteiger partial charge in [-0.05, 0) is 59.3 Å². The maximum atomic E-state index is 13.0. The van der Waals surface area contributed by atoms with Gasteiger partial charge >= 0.3 is 12.0 Å². The molecule has 0 spiro atoms. The van der Waals surface area contributed by atoms with Gasteiger partial charge in [0, 0.05) is 24.6 Å². The van der Waals surface area contributed by atoms with Crippen molar-refractivity contribution >= 4 is 29.7 Å². The second kappa shape index (κ2) is 20.6. The van der Waals surface area contributed by atoms with Crippen molar-refractivity contribution in [2.45, 2.75) is 93.2 Å². The number of urea groups is 1. The molecule has 3 N–H and O–H groups in total. The molecule has 1 aliphatic rings. The molecule has 0 aliphatic carbocycles. The van der Waals surface area contributed by atoms with E-state index in [2.05, 4.69) is 56.6 Å². The Morgan fingerprint density at radius 2 is 1.56 bits per heavy atom. The number of morpholine rings is 1. The number of hydrogen-bond acceptors (Lipinski definition) is 5. The van der Waals surface area contributed by atoms with Gasteiger partial charge in [0.25, 0.3) is 0 Å². The SMILES string of the molecule is C.CC[C@H](C)[C@H](NC(=O)N1CCOCC1)C(=O)N[C@@H](CSC/C=C(\C)CC/C=C(\C)CCC=C(C)C)C(=O)O. The van der Waals surface area contributed by atoms with Gasteiger partial charge in [0.15, 0.2) is 0 Å². The minimum atomic E-state index is -1.08. The van der Waals surface area contributed by atoms with E-state index in [-0.39, 0.29) is 25.1 Å². The third kappa shape index (κ3) is 15.8. The van der Waals surface area contributed by atoms with E-state index >= 15 is 0 Å². The van der Waals surface area contributed by atoms with Crippen LogP contribution in [-0.4, -0.2) is 77.8 Å². The lowest BCUT2D eigenvalue weighted by atomic mass is 9.98. The molecule has 0 unspecified atom stereocenters. The van der Waals surface area contributed by atoms with E-state index in [1.54, 1.807) is 4.90 Å². The number of ether oxygens (including phenoxy) is 1. The first-order chi connectivity index (χ1) is 18.0. The number of carbonyl (C=O) groups excluding carboxylic acids is 2. The average Bonchev–Trinajstić information content (AvgIpc) is 2.88. The van der Waals surface area contributed by atoms with Crippen molar-refractivity contribution in [2.75, 3.05) is 37.8 Å². The van der Waals surface area contributed by atoms with E-state index in [1.165, 1.54) is 28.5 Å². The van der Waals surface area contributed by atoms with Gasteiger partial charge in [-0.3, -0.25) is 4.79 Å². The molecule has 224 valence electrons. The van der Waals surface area contributed by atoms with Crippen LogP contribution in [0.25, 0.3) is 0 Å². The molecular weight excluding hydrogens is 514 g/mol. The van der Waals surface area contributed by atoms with Crippen molar-refractivity contribution in [1.29, 1.82) is 0 Å². The lowest BCUT2D eigenvalue weighted by Crippen LogP contribution is -2.57. The lowest BCUT2D eigenvalue weighted by Gasteiger charge is -2.31. The van der Waals surface area contributed by atoms with Gasteiger partial charge in [-0.25, -0.2) is 9.59 Å². The fourth-order valence-corrected chi connectivity index (χ4v) is 4.85. The molecule has 1 fully saturated rings. The van der Waals surface area contributed by atoms with Gasteiger partial charge in [0.2, 0.25) is 5.91 Å². The molecule has 9 heteroatoms. The van der Waals surface area contributed by atoms with E-state index in [4.69, 9.17) is 4.74 Å². The Hall–Kier alpha value is -2.26. The van der Waals surface area contributed by atoms with Crippen LogP contribution < -0.4 is 10.6 Å². The van der Waals surface area contributed by atoms with Crippen LogP contribution in [0.4, 0.5) is 4.79 Å². The standard InChI is InChI=1S/C29H49N3O5S.CH4/c1-7-24(6)26(31-29(36)32-15-17-37-18-16-32)27(33)30-25(28(34)35)20-38-19-14-23(5)13-9-12-22(4)11-8-10-21(2)3;/h10,12,14,24-26H,7-9,11,13,15-20H2,1-6H3,(H,30,33)(H,31,36)(H,34,35);1H4/b22-12+,23-14+;/t24-,25-,26-;/m0./s1. The summed E-state index contributed by atoms with van der Waals surface area (Å²) in [5, 5.41) is 15.1. The number of rotatable bonds is 16. The number of nitrogens with one attached hydrogen (secondary N) is 2. The van der Waals surface area contributed by atoms with Crippen molar-refractivity contribution in [3.63, 3.8) is 0 Å². The van der Waals surface area contributed by atoms with Crippen LogP contribution in [-0.2, 0) is 14.3 Å². The Morgan fingerprint density at radius 3 is 2.13 bits per heavy atom. The zero-order valence-electron chi connectivity index (χ0n) is 24.2. The summed E-state index contributed by atoms with van der Waals surface area (Å²) >= 11 is 1.47. The molecule has 1 aliphatic heterocycles. The van der Waals surface area contributed by atoms with Crippen molar-refractivity contribution in [2.24, 2.45) is 5.92 Å².